The van der Waals surface area contributed by atoms with E-state index in [4.69, 9.17) is 9.47 Å². The summed E-state index contributed by atoms with van der Waals surface area (Å²) >= 11 is 0. The fourth-order valence-corrected chi connectivity index (χ4v) is 7.32. The summed E-state index contributed by atoms with van der Waals surface area (Å²) in [4.78, 5) is 25.2. The lowest BCUT2D eigenvalue weighted by Crippen LogP contribution is -2.71. The van der Waals surface area contributed by atoms with Crippen LogP contribution in [0.15, 0.2) is 24.3 Å². The number of aliphatic hydroxyl groups is 1. The third-order valence-corrected chi connectivity index (χ3v) is 9.31. The van der Waals surface area contributed by atoms with E-state index in [2.05, 4.69) is 13.2 Å². The van der Waals surface area contributed by atoms with Gasteiger partial charge >= 0.3 is 11.9 Å². The Bertz CT molecular complexity index is 800. The fraction of sp³-hybridized carbons (Fsp3) is 0.778. The van der Waals surface area contributed by atoms with Crippen molar-refractivity contribution >= 4 is 11.9 Å². The highest BCUT2D eigenvalue weighted by molar-refractivity contribution is 5.87. The standard InChI is InChI=1S/C27H42O5/c1-17(2)20(28)31-23(7,8)26-12-19-11-25(14-26,22(5,6)30)15-27(13-19,16-26)24(9,10)32-21(29)18(3)4/h19,30H,1,3,11-16H2,2,4-10H3. The molecule has 4 saturated carbocycles. The minimum atomic E-state index is -0.911. The van der Waals surface area contributed by atoms with E-state index >= 15 is 0 Å². The first kappa shape index (κ1) is 25.0. The van der Waals surface area contributed by atoms with E-state index in [0.29, 0.717) is 17.1 Å². The fourth-order valence-electron chi connectivity index (χ4n) is 7.32. The van der Waals surface area contributed by atoms with Gasteiger partial charge < -0.3 is 14.6 Å². The molecule has 32 heavy (non-hydrogen) atoms. The summed E-state index contributed by atoms with van der Waals surface area (Å²) in [5.41, 5.74) is -2.65. The zero-order valence-electron chi connectivity index (χ0n) is 21.3. The zero-order chi connectivity index (χ0) is 24.5. The molecule has 0 aromatic carbocycles. The van der Waals surface area contributed by atoms with Crippen LogP contribution in [0.1, 0.15) is 93.9 Å². The Labute approximate surface area is 193 Å². The van der Waals surface area contributed by atoms with Gasteiger partial charge in [0.15, 0.2) is 0 Å². The molecule has 0 aliphatic heterocycles. The second kappa shape index (κ2) is 7.19. The van der Waals surface area contributed by atoms with Crippen molar-refractivity contribution in [1.29, 1.82) is 0 Å². The molecule has 5 heteroatoms. The Balaban J connectivity index is 2.12. The van der Waals surface area contributed by atoms with Crippen molar-refractivity contribution in [2.75, 3.05) is 0 Å². The second-order valence-electron chi connectivity index (χ2n) is 12.8. The summed E-state index contributed by atoms with van der Waals surface area (Å²) in [6.45, 7) is 22.7. The molecule has 0 radical (unpaired) electrons. The van der Waals surface area contributed by atoms with E-state index in [-0.39, 0.29) is 28.2 Å². The maximum Gasteiger partial charge on any atom is 0.333 e. The lowest BCUT2D eigenvalue weighted by Gasteiger charge is -2.73. The van der Waals surface area contributed by atoms with Crippen molar-refractivity contribution < 1.29 is 24.2 Å². The molecular weight excluding hydrogens is 404 g/mol. The summed E-state index contributed by atoms with van der Waals surface area (Å²) in [6, 6.07) is 0. The number of hydrogen-bond donors (Lipinski definition) is 1. The zero-order valence-corrected chi connectivity index (χ0v) is 21.3. The molecule has 0 aromatic rings. The number of ether oxygens (including phenoxy) is 2. The molecule has 0 spiro atoms. The second-order valence-corrected chi connectivity index (χ2v) is 12.8. The smallest absolute Gasteiger partial charge is 0.333 e. The Kier molecular flexibility index (Phi) is 5.62. The van der Waals surface area contributed by atoms with Gasteiger partial charge in [0, 0.05) is 27.4 Å². The summed E-state index contributed by atoms with van der Waals surface area (Å²) in [7, 11) is 0. The number of rotatable bonds is 7. The maximum atomic E-state index is 12.6. The number of carbonyl (C=O) groups is 2. The molecule has 4 aliphatic carbocycles. The van der Waals surface area contributed by atoms with Crippen molar-refractivity contribution in [3.05, 3.63) is 24.3 Å². The SMILES string of the molecule is C=C(C)C(=O)OC(C)(C)C12CC3CC(C(C)(C)O)(C1)CC(C(C)(C)OC(=O)C(=C)C)(C3)C2. The van der Waals surface area contributed by atoms with Gasteiger partial charge in [-0.1, -0.05) is 13.2 Å². The topological polar surface area (TPSA) is 72.8 Å². The van der Waals surface area contributed by atoms with Gasteiger partial charge in [0.25, 0.3) is 0 Å². The Morgan fingerprint density at radius 3 is 1.38 bits per heavy atom. The molecule has 0 saturated heterocycles. The van der Waals surface area contributed by atoms with E-state index in [0.717, 1.165) is 38.5 Å². The summed E-state index contributed by atoms with van der Waals surface area (Å²) in [6.07, 6.45) is 5.16. The Hall–Kier alpha value is -1.62. The molecule has 4 rings (SSSR count). The molecule has 0 heterocycles. The van der Waals surface area contributed by atoms with Crippen LogP contribution in [0.4, 0.5) is 0 Å². The predicted molar refractivity (Wildman–Crippen MR) is 125 cm³/mol. The van der Waals surface area contributed by atoms with Crippen LogP contribution in [0.3, 0.4) is 0 Å². The summed E-state index contributed by atoms with van der Waals surface area (Å²) < 4.78 is 12.2. The minimum Gasteiger partial charge on any atom is -0.456 e. The average molecular weight is 447 g/mol. The maximum absolute atomic E-state index is 12.6. The molecule has 4 fully saturated rings. The molecule has 5 nitrogen and oxygen atoms in total. The number of esters is 2. The highest BCUT2D eigenvalue weighted by Crippen LogP contribution is 2.77. The molecule has 2 unspecified atom stereocenters. The van der Waals surface area contributed by atoms with Crippen molar-refractivity contribution in [1.82, 2.24) is 0 Å². The third-order valence-electron chi connectivity index (χ3n) is 9.31. The molecule has 0 amide bonds. The lowest BCUT2D eigenvalue weighted by molar-refractivity contribution is -0.296. The van der Waals surface area contributed by atoms with Crippen molar-refractivity contribution in [2.24, 2.45) is 22.2 Å². The van der Waals surface area contributed by atoms with E-state index in [1.807, 2.05) is 41.5 Å². The largest absolute Gasteiger partial charge is 0.456 e. The lowest BCUT2D eigenvalue weighted by atomic mass is 9.33. The third kappa shape index (κ3) is 3.65. The molecule has 2 atom stereocenters. The monoisotopic (exact) mass is 446 g/mol. The van der Waals surface area contributed by atoms with Gasteiger partial charge in [-0.05, 0) is 99.8 Å². The van der Waals surface area contributed by atoms with E-state index in [1.165, 1.54) is 0 Å². The first-order valence-corrected chi connectivity index (χ1v) is 11.8. The highest BCUT2D eigenvalue weighted by atomic mass is 16.6. The Morgan fingerprint density at radius 2 is 1.06 bits per heavy atom. The molecule has 0 aromatic heterocycles. The minimum absolute atomic E-state index is 0.329. The van der Waals surface area contributed by atoms with Crippen LogP contribution in [0.2, 0.25) is 0 Å². The van der Waals surface area contributed by atoms with Gasteiger partial charge in [0.05, 0.1) is 5.60 Å². The predicted octanol–water partition coefficient (Wildman–Crippen LogP) is 5.51. The van der Waals surface area contributed by atoms with Crippen LogP contribution >= 0.6 is 0 Å². The van der Waals surface area contributed by atoms with Crippen LogP contribution in [0.5, 0.6) is 0 Å². The van der Waals surface area contributed by atoms with E-state index in [1.54, 1.807) is 13.8 Å². The molecule has 4 bridgehead atoms. The summed E-state index contributed by atoms with van der Waals surface area (Å²) in [5.74, 6) is -0.404. The van der Waals surface area contributed by atoms with Crippen molar-refractivity contribution in [3.8, 4) is 0 Å². The van der Waals surface area contributed by atoms with Crippen molar-refractivity contribution in [3.63, 3.8) is 0 Å². The van der Waals surface area contributed by atoms with Gasteiger partial charge in [0.2, 0.25) is 0 Å². The van der Waals surface area contributed by atoms with Crippen LogP contribution in [0, 0.1) is 22.2 Å². The van der Waals surface area contributed by atoms with Gasteiger partial charge in [-0.2, -0.15) is 0 Å². The van der Waals surface area contributed by atoms with Gasteiger partial charge in [-0.15, -0.1) is 0 Å². The average Bonchev–Trinajstić information content (AvgIpc) is 2.58. The molecular formula is C27H42O5. The normalized spacial score (nSPS) is 34.2. The number of hydrogen-bond acceptors (Lipinski definition) is 5. The van der Waals surface area contributed by atoms with Crippen LogP contribution < -0.4 is 0 Å². The van der Waals surface area contributed by atoms with Gasteiger partial charge in [-0.25, -0.2) is 9.59 Å². The van der Waals surface area contributed by atoms with Crippen LogP contribution in [-0.4, -0.2) is 33.8 Å². The molecule has 1 N–H and O–H groups in total. The first-order chi connectivity index (χ1) is 14.3. The van der Waals surface area contributed by atoms with Crippen LogP contribution in [0.25, 0.3) is 0 Å². The highest BCUT2D eigenvalue weighted by Gasteiger charge is 2.73. The van der Waals surface area contributed by atoms with Crippen LogP contribution in [-0.2, 0) is 19.1 Å². The molecule has 4 aliphatic rings. The van der Waals surface area contributed by atoms with Crippen molar-refractivity contribution in [2.45, 2.75) is 111 Å². The van der Waals surface area contributed by atoms with E-state index in [9.17, 15) is 14.7 Å². The first-order valence-electron chi connectivity index (χ1n) is 11.8. The van der Waals surface area contributed by atoms with E-state index < -0.39 is 16.8 Å². The summed E-state index contributed by atoms with van der Waals surface area (Å²) in [5, 5.41) is 11.4. The Morgan fingerprint density at radius 1 is 0.750 bits per heavy atom. The molecule has 180 valence electrons. The van der Waals surface area contributed by atoms with Gasteiger partial charge in [-0.3, -0.25) is 0 Å². The van der Waals surface area contributed by atoms with Gasteiger partial charge in [0.1, 0.15) is 11.2 Å². The quantitative estimate of drug-likeness (QED) is 0.412. The number of carbonyl (C=O) groups excluding carboxylic acids is 2.